The highest BCUT2D eigenvalue weighted by Gasteiger charge is 2.00. The van der Waals surface area contributed by atoms with Crippen LogP contribution in [0.5, 0.6) is 0 Å². The molecule has 16 heavy (non-hydrogen) atoms. The molecule has 3 heteroatoms. The Morgan fingerprint density at radius 3 is 2.44 bits per heavy atom. The summed E-state index contributed by atoms with van der Waals surface area (Å²) >= 11 is 3.42. The molecular formula is C13H10BrN2. The van der Waals surface area contributed by atoms with E-state index in [2.05, 4.69) is 22.0 Å². The van der Waals surface area contributed by atoms with Gasteiger partial charge in [0.2, 0.25) is 0 Å². The largest absolute Gasteiger partial charge is 0.384 e. The lowest BCUT2D eigenvalue weighted by Gasteiger charge is -2.03. The van der Waals surface area contributed by atoms with E-state index in [1.165, 1.54) is 0 Å². The first-order valence-electron chi connectivity index (χ1n) is 4.79. The van der Waals surface area contributed by atoms with E-state index in [4.69, 9.17) is 11.1 Å². The Labute approximate surface area is 103 Å². The Balaban J connectivity index is 2.38. The molecule has 0 saturated heterocycles. The molecule has 0 unspecified atom stereocenters. The van der Waals surface area contributed by atoms with E-state index in [1.807, 2.05) is 42.5 Å². The van der Waals surface area contributed by atoms with Crippen LogP contribution in [0.15, 0.2) is 46.9 Å². The van der Waals surface area contributed by atoms with E-state index in [-0.39, 0.29) is 5.84 Å². The summed E-state index contributed by atoms with van der Waals surface area (Å²) in [6.07, 6.45) is 0. The Hall–Kier alpha value is -1.61. The average Bonchev–Trinajstić information content (AvgIpc) is 2.29. The van der Waals surface area contributed by atoms with Crippen molar-refractivity contribution in [2.24, 2.45) is 5.73 Å². The van der Waals surface area contributed by atoms with Gasteiger partial charge in [0, 0.05) is 10.0 Å². The summed E-state index contributed by atoms with van der Waals surface area (Å²) in [6, 6.07) is 16.5. The number of rotatable bonds is 2. The Kier molecular flexibility index (Phi) is 3.06. The van der Waals surface area contributed by atoms with Crippen molar-refractivity contribution in [3.8, 4) is 11.1 Å². The zero-order valence-corrected chi connectivity index (χ0v) is 10.1. The number of hydrogen-bond donors (Lipinski definition) is 2. The van der Waals surface area contributed by atoms with Crippen molar-refractivity contribution >= 4 is 21.8 Å². The fourth-order valence-corrected chi connectivity index (χ4v) is 1.80. The van der Waals surface area contributed by atoms with Crippen LogP contribution in [0.1, 0.15) is 5.56 Å². The molecule has 1 radical (unpaired) electrons. The number of hydrogen-bond acceptors (Lipinski definition) is 1. The number of benzene rings is 2. The summed E-state index contributed by atoms with van der Waals surface area (Å²) < 4.78 is 1.02. The smallest absolute Gasteiger partial charge is 0.122 e. The third kappa shape index (κ3) is 2.31. The van der Waals surface area contributed by atoms with Gasteiger partial charge >= 0.3 is 0 Å². The zero-order chi connectivity index (χ0) is 11.5. The summed E-state index contributed by atoms with van der Waals surface area (Å²) in [4.78, 5) is 0. The highest BCUT2D eigenvalue weighted by molar-refractivity contribution is 9.10. The SMILES string of the molecule is N=C(N)c1ccc(-c2[c]ccc(Br)c2)cc1. The second-order valence-electron chi connectivity index (χ2n) is 3.41. The summed E-state index contributed by atoms with van der Waals surface area (Å²) in [6.45, 7) is 0. The molecule has 0 atom stereocenters. The van der Waals surface area contributed by atoms with Gasteiger partial charge < -0.3 is 5.73 Å². The molecule has 0 heterocycles. The normalized spacial score (nSPS) is 10.1. The third-order valence-electron chi connectivity index (χ3n) is 2.27. The maximum Gasteiger partial charge on any atom is 0.122 e. The van der Waals surface area contributed by atoms with E-state index in [9.17, 15) is 0 Å². The molecule has 3 N–H and O–H groups in total. The van der Waals surface area contributed by atoms with Crippen molar-refractivity contribution < 1.29 is 0 Å². The fraction of sp³-hybridized carbons (Fsp3) is 0. The van der Waals surface area contributed by atoms with Gasteiger partial charge in [-0.05, 0) is 29.3 Å². The van der Waals surface area contributed by atoms with Crippen LogP contribution in [0.3, 0.4) is 0 Å². The Morgan fingerprint density at radius 1 is 1.19 bits per heavy atom. The summed E-state index contributed by atoms with van der Waals surface area (Å²) in [5.41, 5.74) is 8.21. The molecule has 2 rings (SSSR count). The van der Waals surface area contributed by atoms with Crippen molar-refractivity contribution in [1.29, 1.82) is 5.41 Å². The van der Waals surface area contributed by atoms with Crippen LogP contribution in [0.2, 0.25) is 0 Å². The van der Waals surface area contributed by atoms with Gasteiger partial charge in [-0.2, -0.15) is 0 Å². The summed E-state index contributed by atoms with van der Waals surface area (Å²) in [7, 11) is 0. The van der Waals surface area contributed by atoms with E-state index in [0.29, 0.717) is 0 Å². The van der Waals surface area contributed by atoms with Gasteiger partial charge in [0.1, 0.15) is 5.84 Å². The fourth-order valence-electron chi connectivity index (χ4n) is 1.43. The van der Waals surface area contributed by atoms with E-state index in [1.54, 1.807) is 0 Å². The van der Waals surface area contributed by atoms with E-state index >= 15 is 0 Å². The number of amidine groups is 1. The molecule has 0 fully saturated rings. The van der Waals surface area contributed by atoms with Gasteiger partial charge in [-0.25, -0.2) is 0 Å². The molecule has 0 aromatic heterocycles. The van der Waals surface area contributed by atoms with Gasteiger partial charge in [-0.15, -0.1) is 0 Å². The second-order valence-corrected chi connectivity index (χ2v) is 4.33. The van der Waals surface area contributed by atoms with Crippen molar-refractivity contribution in [3.63, 3.8) is 0 Å². The topological polar surface area (TPSA) is 49.9 Å². The molecule has 0 spiro atoms. The maximum atomic E-state index is 7.31. The highest BCUT2D eigenvalue weighted by Crippen LogP contribution is 2.22. The molecule has 2 nitrogen and oxygen atoms in total. The number of nitrogen functional groups attached to an aromatic ring is 1. The van der Waals surface area contributed by atoms with Gasteiger partial charge in [0.05, 0.1) is 0 Å². The van der Waals surface area contributed by atoms with Crippen LogP contribution in [-0.4, -0.2) is 5.84 Å². The average molecular weight is 274 g/mol. The van der Waals surface area contributed by atoms with Crippen LogP contribution in [0.25, 0.3) is 11.1 Å². The molecule has 0 saturated carbocycles. The van der Waals surface area contributed by atoms with E-state index in [0.717, 1.165) is 21.2 Å². The van der Waals surface area contributed by atoms with Crippen LogP contribution < -0.4 is 5.73 Å². The lowest BCUT2D eigenvalue weighted by atomic mass is 10.0. The van der Waals surface area contributed by atoms with Crippen molar-refractivity contribution in [2.75, 3.05) is 0 Å². The first kappa shape index (κ1) is 10.9. The van der Waals surface area contributed by atoms with Crippen LogP contribution in [-0.2, 0) is 0 Å². The predicted molar refractivity (Wildman–Crippen MR) is 69.4 cm³/mol. The van der Waals surface area contributed by atoms with Gasteiger partial charge in [-0.1, -0.05) is 46.3 Å². The Morgan fingerprint density at radius 2 is 1.88 bits per heavy atom. The van der Waals surface area contributed by atoms with Crippen LogP contribution >= 0.6 is 15.9 Å². The van der Waals surface area contributed by atoms with Crippen molar-refractivity contribution in [1.82, 2.24) is 0 Å². The molecule has 0 amide bonds. The minimum absolute atomic E-state index is 0.0878. The minimum Gasteiger partial charge on any atom is -0.384 e. The first-order valence-corrected chi connectivity index (χ1v) is 5.58. The predicted octanol–water partition coefficient (Wildman–Crippen LogP) is 3.20. The quantitative estimate of drug-likeness (QED) is 0.641. The molecule has 0 bridgehead atoms. The Bertz CT molecular complexity index is 518. The van der Waals surface area contributed by atoms with Crippen LogP contribution in [0, 0.1) is 11.5 Å². The summed E-state index contributed by atoms with van der Waals surface area (Å²) in [5, 5.41) is 7.31. The third-order valence-corrected chi connectivity index (χ3v) is 2.76. The summed E-state index contributed by atoms with van der Waals surface area (Å²) in [5.74, 6) is 0.0878. The second kappa shape index (κ2) is 4.49. The molecular weight excluding hydrogens is 264 g/mol. The van der Waals surface area contributed by atoms with Gasteiger partial charge in [0.15, 0.2) is 0 Å². The number of nitrogens with one attached hydrogen (secondary N) is 1. The molecule has 79 valence electrons. The van der Waals surface area contributed by atoms with Crippen molar-refractivity contribution in [2.45, 2.75) is 0 Å². The lowest BCUT2D eigenvalue weighted by molar-refractivity contribution is 1.42. The van der Waals surface area contributed by atoms with Crippen molar-refractivity contribution in [3.05, 3.63) is 58.6 Å². The standard InChI is InChI=1S/C13H10BrN2/c14-12-3-1-2-11(8-12)9-4-6-10(7-5-9)13(15)16/h1,3-8H,(H3,15,16). The maximum absolute atomic E-state index is 7.31. The molecule has 2 aromatic rings. The van der Waals surface area contributed by atoms with Gasteiger partial charge in [-0.3, -0.25) is 5.41 Å². The molecule has 0 aliphatic heterocycles. The first-order chi connectivity index (χ1) is 7.66. The monoisotopic (exact) mass is 273 g/mol. The van der Waals surface area contributed by atoms with E-state index < -0.39 is 0 Å². The van der Waals surface area contributed by atoms with Crippen LogP contribution in [0.4, 0.5) is 0 Å². The number of nitrogens with two attached hydrogens (primary N) is 1. The number of halogens is 1. The zero-order valence-electron chi connectivity index (χ0n) is 8.50. The van der Waals surface area contributed by atoms with Gasteiger partial charge in [0.25, 0.3) is 0 Å². The molecule has 2 aromatic carbocycles. The minimum atomic E-state index is 0.0878. The lowest BCUT2D eigenvalue weighted by Crippen LogP contribution is -2.10. The molecule has 0 aliphatic rings. The molecule has 0 aliphatic carbocycles. The highest BCUT2D eigenvalue weighted by atomic mass is 79.9.